The van der Waals surface area contributed by atoms with Crippen molar-refractivity contribution in [1.29, 1.82) is 0 Å². The molecule has 0 amide bonds. The number of aryl methyl sites for hydroxylation is 1. The summed E-state index contributed by atoms with van der Waals surface area (Å²) in [5, 5.41) is 19.8. The molecule has 1 spiro atoms. The van der Waals surface area contributed by atoms with Crippen LogP contribution in [-0.4, -0.2) is 10.2 Å². The Morgan fingerprint density at radius 2 is 1.38 bits per heavy atom. The summed E-state index contributed by atoms with van der Waals surface area (Å²) in [5.41, 5.74) is 4.48. The normalized spacial score (nSPS) is 16.2. The summed E-state index contributed by atoms with van der Waals surface area (Å²) in [6.07, 6.45) is 1.95. The van der Waals surface area contributed by atoms with Gasteiger partial charge in [-0.05, 0) is 36.1 Å². The van der Waals surface area contributed by atoms with Gasteiger partial charge in [0.25, 0.3) is 0 Å². The molecule has 1 aliphatic carbocycles. The lowest BCUT2D eigenvalue weighted by atomic mass is 9.68. The Morgan fingerprint density at radius 3 is 2.04 bits per heavy atom. The van der Waals surface area contributed by atoms with Gasteiger partial charge in [0.05, 0.1) is 5.41 Å². The lowest BCUT2D eigenvalue weighted by Gasteiger charge is -2.38. The smallest absolute Gasteiger partial charge is 0.135 e. The van der Waals surface area contributed by atoms with E-state index in [4.69, 9.17) is 4.74 Å². The lowest BCUT2D eigenvalue weighted by Crippen LogP contribution is -2.30. The number of rotatable bonds is 0. The first-order chi connectivity index (χ1) is 11.7. The highest BCUT2D eigenvalue weighted by atomic mass is 16.5. The van der Waals surface area contributed by atoms with Crippen LogP contribution in [0.4, 0.5) is 0 Å². The first-order valence-electron chi connectivity index (χ1n) is 8.12. The Hall–Kier alpha value is -2.94. The summed E-state index contributed by atoms with van der Waals surface area (Å²) in [4.78, 5) is 0. The van der Waals surface area contributed by atoms with Gasteiger partial charge in [-0.1, -0.05) is 36.4 Å². The van der Waals surface area contributed by atoms with E-state index in [-0.39, 0.29) is 16.9 Å². The van der Waals surface area contributed by atoms with E-state index in [1.54, 1.807) is 24.3 Å². The van der Waals surface area contributed by atoms with Gasteiger partial charge in [-0.25, -0.2) is 0 Å². The van der Waals surface area contributed by atoms with E-state index in [0.29, 0.717) is 11.5 Å². The Balaban J connectivity index is 1.88. The largest absolute Gasteiger partial charge is 0.508 e. The van der Waals surface area contributed by atoms with Crippen LogP contribution in [-0.2, 0) is 11.8 Å². The molecule has 2 aliphatic rings. The molecule has 0 bridgehead atoms. The molecule has 3 nitrogen and oxygen atoms in total. The summed E-state index contributed by atoms with van der Waals surface area (Å²) >= 11 is 0. The van der Waals surface area contributed by atoms with E-state index in [0.717, 1.165) is 24.0 Å². The first kappa shape index (κ1) is 13.5. The van der Waals surface area contributed by atoms with Crippen molar-refractivity contribution in [1.82, 2.24) is 0 Å². The second-order valence-electron chi connectivity index (χ2n) is 6.53. The van der Waals surface area contributed by atoms with Crippen LogP contribution in [0.25, 0.3) is 0 Å². The van der Waals surface area contributed by atoms with Gasteiger partial charge in [-0.15, -0.1) is 0 Å². The number of phenolic OH excluding ortho intramolecular Hbond substituents is 2. The summed E-state index contributed by atoms with van der Waals surface area (Å²) < 4.78 is 6.02. The Bertz CT molecular complexity index is 923. The minimum atomic E-state index is -0.291. The Kier molecular flexibility index (Phi) is 2.55. The number of fused-ring (bicyclic) bond motifs is 6. The zero-order valence-electron chi connectivity index (χ0n) is 13.0. The van der Waals surface area contributed by atoms with Gasteiger partial charge in [0.2, 0.25) is 0 Å². The van der Waals surface area contributed by atoms with Crippen LogP contribution in [0.15, 0.2) is 60.7 Å². The number of aromatic hydroxyl groups is 2. The summed E-state index contributed by atoms with van der Waals surface area (Å²) in [6.45, 7) is 0. The van der Waals surface area contributed by atoms with Crippen LogP contribution in [0.2, 0.25) is 0 Å². The molecule has 0 saturated heterocycles. The highest BCUT2D eigenvalue weighted by Gasteiger charge is 2.47. The van der Waals surface area contributed by atoms with Crippen molar-refractivity contribution in [3.63, 3.8) is 0 Å². The minimum absolute atomic E-state index is 0.179. The quantitative estimate of drug-likeness (QED) is 0.643. The van der Waals surface area contributed by atoms with Crippen LogP contribution in [0.5, 0.6) is 23.0 Å². The van der Waals surface area contributed by atoms with Crippen molar-refractivity contribution < 1.29 is 14.9 Å². The highest BCUT2D eigenvalue weighted by molar-refractivity contribution is 5.67. The van der Waals surface area contributed by atoms with Gasteiger partial charge >= 0.3 is 0 Å². The molecule has 1 heterocycles. The molecule has 3 aromatic rings. The van der Waals surface area contributed by atoms with Crippen molar-refractivity contribution in [2.24, 2.45) is 0 Å². The van der Waals surface area contributed by atoms with Crippen LogP contribution in [0.1, 0.15) is 28.7 Å². The SMILES string of the molecule is Oc1ccc2c(c1)Oc1cc(O)ccc1C21CCc2ccccc21. The zero-order valence-corrected chi connectivity index (χ0v) is 13.0. The average Bonchev–Trinajstić information content (AvgIpc) is 2.95. The van der Waals surface area contributed by atoms with E-state index in [2.05, 4.69) is 24.3 Å². The molecule has 0 saturated carbocycles. The minimum Gasteiger partial charge on any atom is -0.508 e. The Morgan fingerprint density at radius 1 is 0.750 bits per heavy atom. The summed E-state index contributed by atoms with van der Waals surface area (Å²) in [7, 11) is 0. The molecular weight excluding hydrogens is 300 g/mol. The molecule has 24 heavy (non-hydrogen) atoms. The first-order valence-corrected chi connectivity index (χ1v) is 8.12. The summed E-state index contributed by atoms with van der Waals surface area (Å²) in [5.74, 6) is 1.67. The predicted molar refractivity (Wildman–Crippen MR) is 90.9 cm³/mol. The van der Waals surface area contributed by atoms with E-state index in [9.17, 15) is 10.2 Å². The molecule has 3 aromatic carbocycles. The molecular formula is C21H16O3. The monoisotopic (exact) mass is 316 g/mol. The van der Waals surface area contributed by atoms with E-state index >= 15 is 0 Å². The maximum absolute atomic E-state index is 9.89. The van der Waals surface area contributed by atoms with Crippen molar-refractivity contribution >= 4 is 0 Å². The second kappa shape index (κ2) is 4.54. The predicted octanol–water partition coefficient (Wildman–Crippen LogP) is 4.48. The third kappa shape index (κ3) is 1.61. The zero-order chi connectivity index (χ0) is 16.3. The average molecular weight is 316 g/mol. The third-order valence-electron chi connectivity index (χ3n) is 5.32. The maximum atomic E-state index is 9.89. The molecule has 5 rings (SSSR count). The van der Waals surface area contributed by atoms with Crippen LogP contribution in [0, 0.1) is 0 Å². The molecule has 0 atom stereocenters. The van der Waals surface area contributed by atoms with E-state index < -0.39 is 0 Å². The lowest BCUT2D eigenvalue weighted by molar-refractivity contribution is 0.402. The summed E-state index contributed by atoms with van der Waals surface area (Å²) in [6, 6.07) is 19.2. The molecule has 2 N–H and O–H groups in total. The van der Waals surface area contributed by atoms with E-state index in [1.807, 2.05) is 12.1 Å². The third-order valence-corrected chi connectivity index (χ3v) is 5.32. The van der Waals surface area contributed by atoms with Gasteiger partial charge in [0.15, 0.2) is 0 Å². The highest BCUT2D eigenvalue weighted by Crippen LogP contribution is 2.58. The van der Waals surface area contributed by atoms with Crippen LogP contribution >= 0.6 is 0 Å². The molecule has 0 aromatic heterocycles. The fourth-order valence-corrected chi connectivity index (χ4v) is 4.33. The van der Waals surface area contributed by atoms with Crippen molar-refractivity contribution in [3.05, 3.63) is 82.9 Å². The number of phenols is 2. The van der Waals surface area contributed by atoms with Gasteiger partial charge < -0.3 is 14.9 Å². The number of hydrogen-bond donors (Lipinski definition) is 2. The molecule has 0 radical (unpaired) electrons. The van der Waals surface area contributed by atoms with Crippen LogP contribution in [0.3, 0.4) is 0 Å². The Labute approximate surface area is 139 Å². The molecule has 3 heteroatoms. The fraction of sp³-hybridized carbons (Fsp3) is 0.143. The number of ether oxygens (including phenoxy) is 1. The molecule has 0 fully saturated rings. The van der Waals surface area contributed by atoms with Gasteiger partial charge in [0, 0.05) is 23.3 Å². The van der Waals surface area contributed by atoms with Gasteiger partial charge in [0.1, 0.15) is 23.0 Å². The number of benzene rings is 3. The molecule has 1 aliphatic heterocycles. The fourth-order valence-electron chi connectivity index (χ4n) is 4.33. The van der Waals surface area contributed by atoms with Crippen molar-refractivity contribution in [2.75, 3.05) is 0 Å². The van der Waals surface area contributed by atoms with Gasteiger partial charge in [-0.3, -0.25) is 0 Å². The van der Waals surface area contributed by atoms with Crippen LogP contribution < -0.4 is 4.74 Å². The van der Waals surface area contributed by atoms with E-state index in [1.165, 1.54) is 11.1 Å². The maximum Gasteiger partial charge on any atom is 0.135 e. The second-order valence-corrected chi connectivity index (χ2v) is 6.53. The molecule has 118 valence electrons. The molecule has 0 unspecified atom stereocenters. The number of hydrogen-bond acceptors (Lipinski definition) is 3. The van der Waals surface area contributed by atoms with Crippen molar-refractivity contribution in [3.8, 4) is 23.0 Å². The topological polar surface area (TPSA) is 49.7 Å². The van der Waals surface area contributed by atoms with Crippen molar-refractivity contribution in [2.45, 2.75) is 18.3 Å². The van der Waals surface area contributed by atoms with Gasteiger partial charge in [-0.2, -0.15) is 0 Å². The standard InChI is InChI=1S/C21H16O3/c22-14-5-7-17-19(11-14)24-20-12-15(23)6-8-18(20)21(17)10-9-13-3-1-2-4-16(13)21/h1-8,11-12,22-23H,9-10H2.